The Balaban J connectivity index is 1.98. The molecular formula is C18H26ClN3O3. The number of hydrogen-bond donors (Lipinski definition) is 1. The molecule has 2 amide bonds. The summed E-state index contributed by atoms with van der Waals surface area (Å²) in [6.07, 6.45) is 0.790. The van der Waals surface area contributed by atoms with Crippen molar-refractivity contribution in [3.63, 3.8) is 0 Å². The molecule has 0 aromatic heterocycles. The van der Waals surface area contributed by atoms with Gasteiger partial charge in [-0.2, -0.15) is 0 Å². The molecule has 0 radical (unpaired) electrons. The molecule has 1 saturated heterocycles. The van der Waals surface area contributed by atoms with Crippen molar-refractivity contribution in [3.8, 4) is 5.75 Å². The van der Waals surface area contributed by atoms with Gasteiger partial charge in [-0.3, -0.25) is 14.5 Å². The first-order valence-electron chi connectivity index (χ1n) is 8.74. The smallest absolute Gasteiger partial charge is 0.257 e. The largest absolute Gasteiger partial charge is 0.507 e. The zero-order chi connectivity index (χ0) is 18.4. The van der Waals surface area contributed by atoms with E-state index in [1.807, 2.05) is 18.7 Å². The van der Waals surface area contributed by atoms with Gasteiger partial charge in [-0.25, -0.2) is 0 Å². The number of benzene rings is 1. The molecule has 1 N–H and O–H groups in total. The van der Waals surface area contributed by atoms with Crippen molar-refractivity contribution in [3.05, 3.63) is 28.8 Å². The lowest BCUT2D eigenvalue weighted by molar-refractivity contribution is -0.132. The molecule has 1 fully saturated rings. The number of amides is 2. The highest BCUT2D eigenvalue weighted by molar-refractivity contribution is 6.31. The number of carbonyl (C=O) groups is 2. The second kappa shape index (κ2) is 9.06. The number of phenolic OH excluding ortho intramolecular Hbond substituents is 1. The molecule has 1 aromatic carbocycles. The summed E-state index contributed by atoms with van der Waals surface area (Å²) >= 11 is 5.94. The molecule has 7 heteroatoms. The van der Waals surface area contributed by atoms with E-state index in [1.54, 1.807) is 11.0 Å². The van der Waals surface area contributed by atoms with Crippen LogP contribution >= 0.6 is 11.6 Å². The Labute approximate surface area is 154 Å². The maximum atomic E-state index is 12.7. The monoisotopic (exact) mass is 367 g/mol. The highest BCUT2D eigenvalue weighted by Gasteiger charge is 2.24. The van der Waals surface area contributed by atoms with E-state index in [-0.39, 0.29) is 23.1 Å². The molecule has 2 rings (SSSR count). The molecular weight excluding hydrogens is 342 g/mol. The van der Waals surface area contributed by atoms with E-state index in [0.717, 1.165) is 13.0 Å². The van der Waals surface area contributed by atoms with Crippen LogP contribution < -0.4 is 0 Å². The predicted molar refractivity (Wildman–Crippen MR) is 98.0 cm³/mol. The van der Waals surface area contributed by atoms with Crippen molar-refractivity contribution < 1.29 is 14.7 Å². The summed E-state index contributed by atoms with van der Waals surface area (Å²) < 4.78 is 0. The quantitative estimate of drug-likeness (QED) is 0.865. The molecule has 1 aromatic rings. The third-order valence-electron chi connectivity index (χ3n) is 4.54. The summed E-state index contributed by atoms with van der Waals surface area (Å²) in [6, 6.07) is 4.48. The summed E-state index contributed by atoms with van der Waals surface area (Å²) in [7, 11) is 0. The standard InChI is InChI=1S/C18H26ClN3O3/c1-3-21(4-2)17(24)13-20-8-5-9-22(11-10-20)18(25)15-12-14(19)6-7-16(15)23/h6-7,12,23H,3-5,8-11,13H2,1-2H3. The molecule has 1 heterocycles. The van der Waals surface area contributed by atoms with Crippen molar-refractivity contribution in [1.29, 1.82) is 0 Å². The Hall–Kier alpha value is -1.79. The van der Waals surface area contributed by atoms with E-state index in [9.17, 15) is 14.7 Å². The molecule has 1 aliphatic rings. The fourth-order valence-corrected chi connectivity index (χ4v) is 3.22. The first-order chi connectivity index (χ1) is 12.0. The normalized spacial score (nSPS) is 15.7. The maximum Gasteiger partial charge on any atom is 0.257 e. The summed E-state index contributed by atoms with van der Waals surface area (Å²) in [5.41, 5.74) is 0.222. The fourth-order valence-electron chi connectivity index (χ4n) is 3.05. The van der Waals surface area contributed by atoms with Crippen LogP contribution in [0.5, 0.6) is 5.75 Å². The molecule has 1 aliphatic heterocycles. The molecule has 6 nitrogen and oxygen atoms in total. The Bertz CT molecular complexity index is 620. The number of carbonyl (C=O) groups excluding carboxylic acids is 2. The molecule has 138 valence electrons. The minimum atomic E-state index is -0.225. The summed E-state index contributed by atoms with van der Waals surface area (Å²) in [5, 5.41) is 10.3. The number of aromatic hydroxyl groups is 1. The van der Waals surface area contributed by atoms with Crippen molar-refractivity contribution in [2.75, 3.05) is 45.8 Å². The lowest BCUT2D eigenvalue weighted by Gasteiger charge is -2.25. The molecule has 0 aliphatic carbocycles. The van der Waals surface area contributed by atoms with Crippen LogP contribution in [0.2, 0.25) is 5.02 Å². The molecule has 0 unspecified atom stereocenters. The Kier molecular flexibility index (Phi) is 7.08. The Morgan fingerprint density at radius 3 is 2.56 bits per heavy atom. The predicted octanol–water partition coefficient (Wildman–Crippen LogP) is 2.06. The van der Waals surface area contributed by atoms with Gasteiger partial charge in [-0.05, 0) is 38.5 Å². The number of phenols is 1. The number of likely N-dealkylation sites (N-methyl/N-ethyl adjacent to an activating group) is 1. The third kappa shape index (κ3) is 5.09. The van der Waals surface area contributed by atoms with Gasteiger partial charge in [-0.15, -0.1) is 0 Å². The van der Waals surface area contributed by atoms with E-state index >= 15 is 0 Å². The summed E-state index contributed by atoms with van der Waals surface area (Å²) in [4.78, 5) is 30.6. The van der Waals surface area contributed by atoms with E-state index in [4.69, 9.17) is 11.6 Å². The lowest BCUT2D eigenvalue weighted by atomic mass is 10.1. The molecule has 0 saturated carbocycles. The van der Waals surface area contributed by atoms with Crippen molar-refractivity contribution >= 4 is 23.4 Å². The molecule has 25 heavy (non-hydrogen) atoms. The van der Waals surface area contributed by atoms with Crippen molar-refractivity contribution in [1.82, 2.24) is 14.7 Å². The third-order valence-corrected chi connectivity index (χ3v) is 4.77. The van der Waals surface area contributed by atoms with Gasteiger partial charge in [0.2, 0.25) is 5.91 Å². The number of rotatable bonds is 5. The molecule has 0 bridgehead atoms. The number of halogens is 1. The highest BCUT2D eigenvalue weighted by Crippen LogP contribution is 2.23. The van der Waals surface area contributed by atoms with Crippen molar-refractivity contribution in [2.24, 2.45) is 0 Å². The highest BCUT2D eigenvalue weighted by atomic mass is 35.5. The Morgan fingerprint density at radius 1 is 1.16 bits per heavy atom. The Morgan fingerprint density at radius 2 is 1.88 bits per heavy atom. The van der Waals surface area contributed by atoms with Crippen LogP contribution in [0.15, 0.2) is 18.2 Å². The maximum absolute atomic E-state index is 12.7. The van der Waals surface area contributed by atoms with Crippen LogP contribution in [-0.4, -0.2) is 77.4 Å². The van der Waals surface area contributed by atoms with Gasteiger partial charge < -0.3 is 14.9 Å². The summed E-state index contributed by atoms with van der Waals surface area (Å²) in [6.45, 7) is 8.29. The van der Waals surface area contributed by atoms with Gasteiger partial charge in [-0.1, -0.05) is 11.6 Å². The SMILES string of the molecule is CCN(CC)C(=O)CN1CCCN(C(=O)c2cc(Cl)ccc2O)CC1. The summed E-state index contributed by atoms with van der Waals surface area (Å²) in [5.74, 6) is -0.165. The van der Waals surface area contributed by atoms with E-state index in [0.29, 0.717) is 44.3 Å². The first-order valence-corrected chi connectivity index (χ1v) is 9.12. The van der Waals surface area contributed by atoms with Gasteiger partial charge in [0.05, 0.1) is 12.1 Å². The van der Waals surface area contributed by atoms with Crippen molar-refractivity contribution in [2.45, 2.75) is 20.3 Å². The van der Waals surface area contributed by atoms with Crippen LogP contribution in [0, 0.1) is 0 Å². The number of hydrogen-bond acceptors (Lipinski definition) is 4. The second-order valence-electron chi connectivity index (χ2n) is 6.15. The van der Waals surface area contributed by atoms with E-state index in [1.165, 1.54) is 12.1 Å². The number of nitrogens with zero attached hydrogens (tertiary/aromatic N) is 3. The zero-order valence-corrected chi connectivity index (χ0v) is 15.6. The molecule has 0 atom stereocenters. The van der Waals surface area contributed by atoms with E-state index < -0.39 is 0 Å². The van der Waals surface area contributed by atoms with Gasteiger partial charge >= 0.3 is 0 Å². The lowest BCUT2D eigenvalue weighted by Crippen LogP contribution is -2.42. The van der Waals surface area contributed by atoms with Gasteiger partial charge in [0.15, 0.2) is 0 Å². The topological polar surface area (TPSA) is 64.1 Å². The average molecular weight is 368 g/mol. The van der Waals surface area contributed by atoms with Gasteiger partial charge in [0.25, 0.3) is 5.91 Å². The van der Waals surface area contributed by atoms with Crippen LogP contribution in [0.1, 0.15) is 30.6 Å². The van der Waals surface area contributed by atoms with E-state index in [2.05, 4.69) is 4.90 Å². The minimum absolute atomic E-state index is 0.0628. The zero-order valence-electron chi connectivity index (χ0n) is 14.9. The van der Waals surface area contributed by atoms with Gasteiger partial charge in [0.1, 0.15) is 5.75 Å². The van der Waals surface area contributed by atoms with Crippen LogP contribution in [0.4, 0.5) is 0 Å². The van der Waals surface area contributed by atoms with Crippen LogP contribution in [0.25, 0.3) is 0 Å². The molecule has 0 spiro atoms. The first kappa shape index (κ1) is 19.5. The average Bonchev–Trinajstić information content (AvgIpc) is 2.83. The fraction of sp³-hybridized carbons (Fsp3) is 0.556. The minimum Gasteiger partial charge on any atom is -0.507 e. The second-order valence-corrected chi connectivity index (χ2v) is 6.59. The van der Waals surface area contributed by atoms with Gasteiger partial charge in [0, 0.05) is 44.3 Å². The van der Waals surface area contributed by atoms with Crippen LogP contribution in [0.3, 0.4) is 0 Å². The van der Waals surface area contributed by atoms with Crippen LogP contribution in [-0.2, 0) is 4.79 Å².